The fourth-order valence-electron chi connectivity index (χ4n) is 2.93. The molecule has 1 amide bonds. The van der Waals surface area contributed by atoms with Crippen molar-refractivity contribution in [3.8, 4) is 5.75 Å². The fraction of sp³-hybridized carbons (Fsp3) is 0.417. The third-order valence-corrected chi connectivity index (χ3v) is 4.62. The number of halogens is 1. The van der Waals surface area contributed by atoms with Crippen molar-refractivity contribution in [3.63, 3.8) is 0 Å². The zero-order chi connectivity index (χ0) is 22.5. The van der Waals surface area contributed by atoms with E-state index in [-0.39, 0.29) is 36.4 Å². The van der Waals surface area contributed by atoms with Gasteiger partial charge in [0.2, 0.25) is 5.91 Å². The maximum atomic E-state index is 12.3. The highest BCUT2D eigenvalue weighted by molar-refractivity contribution is 14.0. The first-order valence-corrected chi connectivity index (χ1v) is 10.7. The second kappa shape index (κ2) is 15.5. The predicted molar refractivity (Wildman–Crippen MR) is 141 cm³/mol. The van der Waals surface area contributed by atoms with Gasteiger partial charge in [0.1, 0.15) is 12.4 Å². The Morgan fingerprint density at radius 1 is 1.06 bits per heavy atom. The maximum absolute atomic E-state index is 12.3. The Hall–Kier alpha value is -2.33. The number of amides is 1. The first-order valence-electron chi connectivity index (χ1n) is 10.7. The lowest BCUT2D eigenvalue weighted by Crippen LogP contribution is -2.41. The summed E-state index contributed by atoms with van der Waals surface area (Å²) in [5.41, 5.74) is 4.11. The van der Waals surface area contributed by atoms with Gasteiger partial charge in [-0.1, -0.05) is 31.2 Å². The normalized spacial score (nSPS) is 10.8. The van der Waals surface area contributed by atoms with E-state index in [2.05, 4.69) is 27.9 Å². The molecule has 0 unspecified atom stereocenters. The molecule has 0 spiro atoms. The molecule has 0 aliphatic heterocycles. The molecule has 2 aromatic carbocycles. The number of nitrogens with zero attached hydrogens (tertiary/aromatic N) is 1. The minimum atomic E-state index is -0.133. The van der Waals surface area contributed by atoms with Gasteiger partial charge in [-0.3, -0.25) is 9.79 Å². The van der Waals surface area contributed by atoms with Gasteiger partial charge in [0.25, 0.3) is 0 Å². The van der Waals surface area contributed by atoms with E-state index in [0.29, 0.717) is 32.3 Å². The fourth-order valence-corrected chi connectivity index (χ4v) is 2.93. The molecule has 7 nitrogen and oxygen atoms in total. The molecule has 0 aliphatic rings. The quantitative estimate of drug-likeness (QED) is 0.170. The highest BCUT2D eigenvalue weighted by Crippen LogP contribution is 2.20. The van der Waals surface area contributed by atoms with E-state index in [1.165, 1.54) is 5.56 Å². The van der Waals surface area contributed by atoms with Crippen molar-refractivity contribution < 1.29 is 14.3 Å². The molecule has 176 valence electrons. The number of aliphatic imine (C=N–C) groups is 1. The van der Waals surface area contributed by atoms with Gasteiger partial charge in [0.15, 0.2) is 5.96 Å². The van der Waals surface area contributed by atoms with Crippen molar-refractivity contribution in [1.29, 1.82) is 0 Å². The van der Waals surface area contributed by atoms with Crippen LogP contribution in [0, 0.1) is 6.92 Å². The summed E-state index contributed by atoms with van der Waals surface area (Å²) < 4.78 is 11.2. The number of ether oxygens (including phenoxy) is 2. The van der Waals surface area contributed by atoms with Gasteiger partial charge in [-0.2, -0.15) is 0 Å². The number of aryl methyl sites for hydroxylation is 2. The van der Waals surface area contributed by atoms with Crippen LogP contribution in [0.4, 0.5) is 5.69 Å². The molecule has 0 bridgehead atoms. The first kappa shape index (κ1) is 27.7. The third kappa shape index (κ3) is 9.86. The van der Waals surface area contributed by atoms with Crippen molar-refractivity contribution in [2.75, 3.05) is 38.7 Å². The number of benzene rings is 2. The van der Waals surface area contributed by atoms with Crippen LogP contribution in [0.25, 0.3) is 0 Å². The lowest BCUT2D eigenvalue weighted by atomic mass is 10.1. The molecule has 0 atom stereocenters. The van der Waals surface area contributed by atoms with Crippen molar-refractivity contribution in [3.05, 3.63) is 59.2 Å². The Kier molecular flexibility index (Phi) is 13.4. The largest absolute Gasteiger partial charge is 0.491 e. The van der Waals surface area contributed by atoms with Crippen LogP contribution in [0.3, 0.4) is 0 Å². The lowest BCUT2D eigenvalue weighted by Gasteiger charge is -2.15. The number of anilines is 1. The van der Waals surface area contributed by atoms with Gasteiger partial charge in [-0.05, 0) is 49.6 Å². The van der Waals surface area contributed by atoms with Crippen LogP contribution in [0.2, 0.25) is 0 Å². The number of carbonyl (C=O) groups excluding carboxylic acids is 1. The van der Waals surface area contributed by atoms with Crippen LogP contribution in [-0.2, 0) is 22.5 Å². The van der Waals surface area contributed by atoms with Gasteiger partial charge >= 0.3 is 0 Å². The minimum absolute atomic E-state index is 0. The molecule has 0 aliphatic carbocycles. The minimum Gasteiger partial charge on any atom is -0.491 e. The molecular formula is C24H35IN4O3. The van der Waals surface area contributed by atoms with Crippen molar-refractivity contribution in [2.45, 2.75) is 33.7 Å². The second-order valence-electron chi connectivity index (χ2n) is 7.04. The first-order chi connectivity index (χ1) is 15.0. The molecule has 0 heterocycles. The van der Waals surface area contributed by atoms with E-state index in [4.69, 9.17) is 9.47 Å². The zero-order valence-electron chi connectivity index (χ0n) is 19.4. The molecular weight excluding hydrogens is 519 g/mol. The van der Waals surface area contributed by atoms with Crippen LogP contribution in [-0.4, -0.2) is 45.3 Å². The van der Waals surface area contributed by atoms with E-state index in [9.17, 15) is 4.79 Å². The smallest absolute Gasteiger partial charge is 0.243 e. The third-order valence-electron chi connectivity index (χ3n) is 4.62. The average Bonchev–Trinajstić information content (AvgIpc) is 2.78. The van der Waals surface area contributed by atoms with Gasteiger partial charge in [0.05, 0.1) is 13.2 Å². The molecule has 32 heavy (non-hydrogen) atoms. The Bertz CT molecular complexity index is 874. The molecule has 2 rings (SSSR count). The summed E-state index contributed by atoms with van der Waals surface area (Å²) in [4.78, 5) is 16.5. The van der Waals surface area contributed by atoms with Gasteiger partial charge in [-0.15, -0.1) is 24.0 Å². The summed E-state index contributed by atoms with van der Waals surface area (Å²) in [7, 11) is 1.67. The Morgan fingerprint density at radius 2 is 1.88 bits per heavy atom. The van der Waals surface area contributed by atoms with Crippen molar-refractivity contribution in [1.82, 2.24) is 10.6 Å². The number of carbonyl (C=O) groups is 1. The number of hydrogen-bond acceptors (Lipinski definition) is 4. The molecule has 0 aromatic heterocycles. The van der Waals surface area contributed by atoms with E-state index in [1.54, 1.807) is 7.05 Å². The molecule has 0 saturated carbocycles. The Labute approximate surface area is 208 Å². The topological polar surface area (TPSA) is 84.0 Å². The molecule has 3 N–H and O–H groups in total. The maximum Gasteiger partial charge on any atom is 0.243 e. The van der Waals surface area contributed by atoms with Gasteiger partial charge in [-0.25, -0.2) is 0 Å². The summed E-state index contributed by atoms with van der Waals surface area (Å²) in [5.74, 6) is 1.22. The Balaban J connectivity index is 0.00000512. The van der Waals surface area contributed by atoms with Crippen LogP contribution in [0.5, 0.6) is 5.75 Å². The molecule has 0 radical (unpaired) electrons. The highest BCUT2D eigenvalue weighted by Gasteiger charge is 2.08. The number of hydrogen-bond donors (Lipinski definition) is 3. The van der Waals surface area contributed by atoms with Crippen LogP contribution in [0.15, 0.2) is 47.5 Å². The SMILES string of the molecule is CCOCCOc1cc(C)ccc1CNC(=NC)NCC(=O)Nc1cccc(CC)c1.I. The van der Waals surface area contributed by atoms with Crippen LogP contribution < -0.4 is 20.7 Å². The standard InChI is InChI=1S/C24H34N4O3.HI/c1-5-19-8-7-9-21(15-19)28-23(29)17-27-24(25-4)26-16-20-11-10-18(3)14-22(20)31-13-12-30-6-2;/h7-11,14-15H,5-6,12-13,16-17H2,1-4H3,(H,28,29)(H2,25,26,27);1H. The highest BCUT2D eigenvalue weighted by atomic mass is 127. The average molecular weight is 554 g/mol. The van der Waals surface area contributed by atoms with E-state index in [0.717, 1.165) is 29.0 Å². The summed E-state index contributed by atoms with van der Waals surface area (Å²) in [6, 6.07) is 13.9. The number of rotatable bonds is 11. The van der Waals surface area contributed by atoms with Gasteiger partial charge in [0, 0.05) is 31.5 Å². The zero-order valence-corrected chi connectivity index (χ0v) is 21.7. The summed E-state index contributed by atoms with van der Waals surface area (Å²) in [6.45, 7) is 8.43. The van der Waals surface area contributed by atoms with E-state index < -0.39 is 0 Å². The van der Waals surface area contributed by atoms with Crippen molar-refractivity contribution >= 4 is 41.5 Å². The summed E-state index contributed by atoms with van der Waals surface area (Å²) in [5, 5.41) is 9.18. The number of guanidine groups is 1. The molecule has 8 heteroatoms. The van der Waals surface area contributed by atoms with Crippen LogP contribution >= 0.6 is 24.0 Å². The van der Waals surface area contributed by atoms with Crippen molar-refractivity contribution in [2.24, 2.45) is 4.99 Å². The molecule has 0 saturated heterocycles. The summed E-state index contributed by atoms with van der Waals surface area (Å²) in [6.07, 6.45) is 0.925. The second-order valence-corrected chi connectivity index (χ2v) is 7.04. The van der Waals surface area contributed by atoms with E-state index >= 15 is 0 Å². The summed E-state index contributed by atoms with van der Waals surface area (Å²) >= 11 is 0. The monoisotopic (exact) mass is 554 g/mol. The predicted octanol–water partition coefficient (Wildman–Crippen LogP) is 3.89. The van der Waals surface area contributed by atoms with E-state index in [1.807, 2.05) is 56.3 Å². The molecule has 2 aromatic rings. The van der Waals surface area contributed by atoms with Gasteiger partial charge < -0.3 is 25.4 Å². The number of nitrogens with one attached hydrogen (secondary N) is 3. The molecule has 0 fully saturated rings. The van der Waals surface area contributed by atoms with Crippen LogP contribution in [0.1, 0.15) is 30.5 Å². The Morgan fingerprint density at radius 3 is 2.59 bits per heavy atom. The lowest BCUT2D eigenvalue weighted by molar-refractivity contribution is -0.115.